The van der Waals surface area contributed by atoms with Gasteiger partial charge in [0.1, 0.15) is 0 Å². The van der Waals surface area contributed by atoms with Crippen LogP contribution in [0.25, 0.3) is 0 Å². The minimum absolute atomic E-state index is 0.0541. The van der Waals surface area contributed by atoms with Gasteiger partial charge in [-0.2, -0.15) is 0 Å². The molecule has 0 spiro atoms. The van der Waals surface area contributed by atoms with Crippen molar-refractivity contribution in [1.82, 2.24) is 10.2 Å². The fourth-order valence-corrected chi connectivity index (χ4v) is 2.52. The number of hydrogen-bond acceptors (Lipinski definition) is 3. The lowest BCUT2D eigenvalue weighted by atomic mass is 10.1. The molecule has 0 fully saturated rings. The molecule has 2 aromatic carbocycles. The quantitative estimate of drug-likeness (QED) is 0.765. The van der Waals surface area contributed by atoms with Gasteiger partial charge in [-0.1, -0.05) is 43.3 Å². The molecule has 0 aliphatic carbocycles. The minimum Gasteiger partial charge on any atom is -0.376 e. The zero-order valence-electron chi connectivity index (χ0n) is 15.7. The summed E-state index contributed by atoms with van der Waals surface area (Å²) in [6, 6.07) is 17.3. The van der Waals surface area contributed by atoms with Gasteiger partial charge in [-0.15, -0.1) is 0 Å². The maximum Gasteiger partial charge on any atom is 0.253 e. The van der Waals surface area contributed by atoms with Crippen LogP contribution in [0.2, 0.25) is 0 Å². The first-order valence-corrected chi connectivity index (χ1v) is 8.92. The maximum atomic E-state index is 12.6. The van der Waals surface area contributed by atoms with E-state index in [1.54, 1.807) is 24.1 Å². The molecule has 0 aliphatic heterocycles. The summed E-state index contributed by atoms with van der Waals surface area (Å²) in [7, 11) is 1.79. The number of benzene rings is 2. The van der Waals surface area contributed by atoms with Crippen molar-refractivity contribution >= 4 is 17.5 Å². The van der Waals surface area contributed by atoms with Crippen LogP contribution in [-0.4, -0.2) is 36.3 Å². The van der Waals surface area contributed by atoms with E-state index >= 15 is 0 Å². The minimum atomic E-state index is -0.0581. The lowest BCUT2D eigenvalue weighted by Gasteiger charge is -2.18. The Morgan fingerprint density at radius 1 is 1.08 bits per heavy atom. The monoisotopic (exact) mass is 353 g/mol. The SMILES string of the molecule is CCC(C)NC(=O)CNc1cccc(C(=O)N(C)Cc2ccccc2)c1. The second-order valence-corrected chi connectivity index (χ2v) is 6.46. The molecule has 0 bridgehead atoms. The number of hydrogen-bond donors (Lipinski definition) is 2. The van der Waals surface area contributed by atoms with Gasteiger partial charge in [-0.05, 0) is 37.1 Å². The number of anilines is 1. The van der Waals surface area contributed by atoms with Gasteiger partial charge in [0.05, 0.1) is 6.54 Å². The highest BCUT2D eigenvalue weighted by molar-refractivity contribution is 5.95. The van der Waals surface area contributed by atoms with Crippen LogP contribution in [-0.2, 0) is 11.3 Å². The van der Waals surface area contributed by atoms with E-state index in [0.29, 0.717) is 12.1 Å². The fourth-order valence-electron chi connectivity index (χ4n) is 2.52. The molecule has 1 atom stereocenters. The lowest BCUT2D eigenvalue weighted by molar-refractivity contribution is -0.120. The van der Waals surface area contributed by atoms with Crippen molar-refractivity contribution in [3.05, 3.63) is 65.7 Å². The molecule has 5 heteroatoms. The Kier molecular flexibility index (Phi) is 7.21. The largest absolute Gasteiger partial charge is 0.376 e. The highest BCUT2D eigenvalue weighted by Gasteiger charge is 2.13. The van der Waals surface area contributed by atoms with E-state index in [2.05, 4.69) is 10.6 Å². The number of amides is 2. The average molecular weight is 353 g/mol. The smallest absolute Gasteiger partial charge is 0.253 e. The van der Waals surface area contributed by atoms with Gasteiger partial charge in [-0.3, -0.25) is 9.59 Å². The summed E-state index contributed by atoms with van der Waals surface area (Å²) < 4.78 is 0. The van der Waals surface area contributed by atoms with Gasteiger partial charge < -0.3 is 15.5 Å². The first kappa shape index (κ1) is 19.5. The summed E-state index contributed by atoms with van der Waals surface area (Å²) in [6.07, 6.45) is 0.892. The highest BCUT2D eigenvalue weighted by atomic mass is 16.2. The summed E-state index contributed by atoms with van der Waals surface area (Å²) in [5.74, 6) is -0.112. The summed E-state index contributed by atoms with van der Waals surface area (Å²) in [5.41, 5.74) is 2.43. The van der Waals surface area contributed by atoms with Crippen LogP contribution >= 0.6 is 0 Å². The molecule has 1 unspecified atom stereocenters. The first-order chi connectivity index (χ1) is 12.5. The summed E-state index contributed by atoms with van der Waals surface area (Å²) in [6.45, 7) is 4.73. The van der Waals surface area contributed by atoms with E-state index < -0.39 is 0 Å². The van der Waals surface area contributed by atoms with Gasteiger partial charge in [0.2, 0.25) is 5.91 Å². The fraction of sp³-hybridized carbons (Fsp3) is 0.333. The molecule has 0 radical (unpaired) electrons. The van der Waals surface area contributed by atoms with Gasteiger partial charge in [0.25, 0.3) is 5.91 Å². The second-order valence-electron chi connectivity index (χ2n) is 6.46. The molecule has 0 saturated heterocycles. The van der Waals surface area contributed by atoms with Crippen molar-refractivity contribution in [1.29, 1.82) is 0 Å². The molecule has 5 nitrogen and oxygen atoms in total. The Hall–Kier alpha value is -2.82. The second kappa shape index (κ2) is 9.61. The number of rotatable bonds is 8. The molecule has 2 N–H and O–H groups in total. The number of carbonyl (C=O) groups is 2. The zero-order valence-corrected chi connectivity index (χ0v) is 15.7. The van der Waals surface area contributed by atoms with Crippen molar-refractivity contribution in [2.75, 3.05) is 18.9 Å². The summed E-state index contributed by atoms with van der Waals surface area (Å²) in [4.78, 5) is 26.2. The Morgan fingerprint density at radius 2 is 1.81 bits per heavy atom. The average Bonchev–Trinajstić information content (AvgIpc) is 2.66. The van der Waals surface area contributed by atoms with Crippen LogP contribution in [0.4, 0.5) is 5.69 Å². The third-order valence-electron chi connectivity index (χ3n) is 4.19. The van der Waals surface area contributed by atoms with Gasteiger partial charge in [-0.25, -0.2) is 0 Å². The molecule has 138 valence electrons. The van der Waals surface area contributed by atoms with E-state index in [0.717, 1.165) is 17.7 Å². The normalized spacial score (nSPS) is 11.5. The molecular formula is C21H27N3O2. The Morgan fingerprint density at radius 3 is 2.50 bits per heavy atom. The lowest BCUT2D eigenvalue weighted by Crippen LogP contribution is -2.36. The van der Waals surface area contributed by atoms with Crippen LogP contribution in [0, 0.1) is 0 Å². The summed E-state index contributed by atoms with van der Waals surface area (Å²) >= 11 is 0. The third kappa shape index (κ3) is 5.92. The van der Waals surface area contributed by atoms with Crippen molar-refractivity contribution in [3.63, 3.8) is 0 Å². The van der Waals surface area contributed by atoms with E-state index in [9.17, 15) is 9.59 Å². The van der Waals surface area contributed by atoms with Gasteiger partial charge in [0.15, 0.2) is 0 Å². The zero-order chi connectivity index (χ0) is 18.9. The molecule has 0 heterocycles. The predicted molar refractivity (Wildman–Crippen MR) is 105 cm³/mol. The van der Waals surface area contributed by atoms with Crippen LogP contribution in [0.3, 0.4) is 0 Å². The standard InChI is InChI=1S/C21H27N3O2/c1-4-16(2)23-20(25)14-22-19-12-8-11-18(13-19)21(26)24(3)15-17-9-6-5-7-10-17/h5-13,16,22H,4,14-15H2,1-3H3,(H,23,25). The molecule has 2 aromatic rings. The molecule has 2 amide bonds. The molecule has 0 aromatic heterocycles. The summed E-state index contributed by atoms with van der Waals surface area (Å²) in [5, 5.41) is 5.98. The Labute approximate surface area is 155 Å². The predicted octanol–water partition coefficient (Wildman–Crippen LogP) is 3.29. The van der Waals surface area contributed by atoms with Gasteiger partial charge in [0, 0.05) is 30.9 Å². The number of nitrogens with zero attached hydrogens (tertiary/aromatic N) is 1. The Bertz CT molecular complexity index is 731. The van der Waals surface area contributed by atoms with Gasteiger partial charge >= 0.3 is 0 Å². The van der Waals surface area contributed by atoms with Crippen LogP contribution < -0.4 is 10.6 Å². The van der Waals surface area contributed by atoms with E-state index in [4.69, 9.17) is 0 Å². The van der Waals surface area contributed by atoms with Crippen LogP contribution in [0.15, 0.2) is 54.6 Å². The maximum absolute atomic E-state index is 12.6. The van der Waals surface area contributed by atoms with Crippen molar-refractivity contribution in [2.24, 2.45) is 0 Å². The van der Waals surface area contributed by atoms with Crippen molar-refractivity contribution in [2.45, 2.75) is 32.9 Å². The van der Waals surface area contributed by atoms with Crippen molar-refractivity contribution < 1.29 is 9.59 Å². The molecule has 2 rings (SSSR count). The van der Waals surface area contributed by atoms with Crippen molar-refractivity contribution in [3.8, 4) is 0 Å². The van der Waals surface area contributed by atoms with E-state index in [-0.39, 0.29) is 24.4 Å². The number of carbonyl (C=O) groups excluding carboxylic acids is 2. The van der Waals surface area contributed by atoms with Crippen LogP contribution in [0.5, 0.6) is 0 Å². The number of nitrogens with one attached hydrogen (secondary N) is 2. The van der Waals surface area contributed by atoms with E-state index in [1.807, 2.05) is 56.3 Å². The molecule has 0 aliphatic rings. The topological polar surface area (TPSA) is 61.4 Å². The highest BCUT2D eigenvalue weighted by Crippen LogP contribution is 2.13. The third-order valence-corrected chi connectivity index (χ3v) is 4.19. The molecule has 26 heavy (non-hydrogen) atoms. The molecular weight excluding hydrogens is 326 g/mol. The van der Waals surface area contributed by atoms with E-state index in [1.165, 1.54) is 0 Å². The molecule has 0 saturated carbocycles. The Balaban J connectivity index is 1.95. The van der Waals surface area contributed by atoms with Crippen LogP contribution in [0.1, 0.15) is 36.2 Å². The first-order valence-electron chi connectivity index (χ1n) is 8.92.